The molecule has 0 amide bonds. The van der Waals surface area contributed by atoms with E-state index in [4.69, 9.17) is 4.74 Å². The number of hydrogen-bond donors (Lipinski definition) is 0. The zero-order chi connectivity index (χ0) is 16.6. The Morgan fingerprint density at radius 2 is 1.92 bits per heavy atom. The van der Waals surface area contributed by atoms with E-state index in [0.29, 0.717) is 25.6 Å². The van der Waals surface area contributed by atoms with E-state index in [-0.39, 0.29) is 28.4 Å². The summed E-state index contributed by atoms with van der Waals surface area (Å²) in [4.78, 5) is 14.1. The lowest BCUT2D eigenvalue weighted by molar-refractivity contribution is -0.142. The standard InChI is InChI=1S/C20H25NO2.BrH/c1-5-23-18(22)12-13-21-14(2)20(3,4)19-16-9-7-6-8-15(16)10-11-17(19)21;/h6-11,14H,5,12-13H2,1-4H3;1H. The second-order valence-corrected chi connectivity index (χ2v) is 6.83. The Kier molecular flexibility index (Phi) is 5.59. The number of nitrogens with zero attached hydrogens (tertiary/aromatic N) is 1. The molecule has 0 saturated heterocycles. The lowest BCUT2D eigenvalue weighted by Crippen LogP contribution is -2.40. The van der Waals surface area contributed by atoms with E-state index in [9.17, 15) is 4.79 Å². The van der Waals surface area contributed by atoms with E-state index in [1.165, 1.54) is 22.0 Å². The van der Waals surface area contributed by atoms with Gasteiger partial charge in [-0.25, -0.2) is 0 Å². The predicted octanol–water partition coefficient (Wildman–Crippen LogP) is 4.86. The van der Waals surface area contributed by atoms with Crippen LogP contribution in [0, 0.1) is 0 Å². The molecule has 2 aromatic carbocycles. The van der Waals surface area contributed by atoms with E-state index in [0.717, 1.165) is 0 Å². The molecule has 3 nitrogen and oxygen atoms in total. The molecular formula is C20H26BrNO2. The molecule has 24 heavy (non-hydrogen) atoms. The van der Waals surface area contributed by atoms with Crippen molar-refractivity contribution < 1.29 is 9.53 Å². The third kappa shape index (κ3) is 3.04. The van der Waals surface area contributed by atoms with Gasteiger partial charge < -0.3 is 9.64 Å². The van der Waals surface area contributed by atoms with Crippen molar-refractivity contribution in [3.63, 3.8) is 0 Å². The summed E-state index contributed by atoms with van der Waals surface area (Å²) in [6.45, 7) is 9.84. The summed E-state index contributed by atoms with van der Waals surface area (Å²) >= 11 is 0. The Morgan fingerprint density at radius 1 is 1.21 bits per heavy atom. The molecule has 0 saturated carbocycles. The van der Waals surface area contributed by atoms with Crippen LogP contribution in [0.2, 0.25) is 0 Å². The molecule has 1 unspecified atom stereocenters. The first kappa shape index (κ1) is 18.8. The number of benzene rings is 2. The highest BCUT2D eigenvalue weighted by molar-refractivity contribution is 8.93. The molecule has 130 valence electrons. The van der Waals surface area contributed by atoms with Gasteiger partial charge in [0.25, 0.3) is 0 Å². The van der Waals surface area contributed by atoms with Crippen molar-refractivity contribution in [1.82, 2.24) is 0 Å². The molecule has 0 N–H and O–H groups in total. The van der Waals surface area contributed by atoms with Gasteiger partial charge in [-0.05, 0) is 36.2 Å². The van der Waals surface area contributed by atoms with Gasteiger partial charge in [-0.2, -0.15) is 0 Å². The monoisotopic (exact) mass is 391 g/mol. The zero-order valence-corrected chi connectivity index (χ0v) is 16.5. The fraction of sp³-hybridized carbons (Fsp3) is 0.450. The number of anilines is 1. The molecule has 4 heteroatoms. The van der Waals surface area contributed by atoms with Crippen LogP contribution in [-0.2, 0) is 14.9 Å². The van der Waals surface area contributed by atoms with Gasteiger partial charge in [0.15, 0.2) is 0 Å². The fourth-order valence-corrected chi connectivity index (χ4v) is 3.74. The Balaban J connectivity index is 0.00000208. The summed E-state index contributed by atoms with van der Waals surface area (Å²) < 4.78 is 5.08. The molecule has 1 aliphatic rings. The van der Waals surface area contributed by atoms with Crippen molar-refractivity contribution in [2.45, 2.75) is 45.6 Å². The number of hydrogen-bond acceptors (Lipinski definition) is 3. The normalized spacial score (nSPS) is 18.2. The number of ether oxygens (including phenoxy) is 1. The molecule has 1 atom stereocenters. The first-order chi connectivity index (χ1) is 11.0. The van der Waals surface area contributed by atoms with E-state index in [2.05, 4.69) is 62.1 Å². The van der Waals surface area contributed by atoms with Gasteiger partial charge in [-0.15, -0.1) is 17.0 Å². The summed E-state index contributed by atoms with van der Waals surface area (Å²) in [5.41, 5.74) is 2.70. The summed E-state index contributed by atoms with van der Waals surface area (Å²) in [5.74, 6) is -0.119. The molecule has 3 rings (SSSR count). The smallest absolute Gasteiger partial charge is 0.307 e. The summed E-state index contributed by atoms with van der Waals surface area (Å²) in [7, 11) is 0. The number of esters is 1. The van der Waals surface area contributed by atoms with Crippen LogP contribution >= 0.6 is 17.0 Å². The fourth-order valence-electron chi connectivity index (χ4n) is 3.74. The molecule has 0 radical (unpaired) electrons. The largest absolute Gasteiger partial charge is 0.466 e. The van der Waals surface area contributed by atoms with Crippen LogP contribution < -0.4 is 4.90 Å². The number of carbonyl (C=O) groups is 1. The van der Waals surface area contributed by atoms with Crippen LogP contribution in [0.3, 0.4) is 0 Å². The molecule has 0 aromatic heterocycles. The van der Waals surface area contributed by atoms with Gasteiger partial charge in [0.05, 0.1) is 13.0 Å². The molecule has 1 aliphatic heterocycles. The maximum absolute atomic E-state index is 11.7. The molecular weight excluding hydrogens is 366 g/mol. The highest BCUT2D eigenvalue weighted by Gasteiger charge is 2.42. The van der Waals surface area contributed by atoms with E-state index >= 15 is 0 Å². The van der Waals surface area contributed by atoms with Crippen molar-refractivity contribution in [1.29, 1.82) is 0 Å². The Bertz CT molecular complexity index is 741. The van der Waals surface area contributed by atoms with Crippen molar-refractivity contribution in [2.75, 3.05) is 18.1 Å². The van der Waals surface area contributed by atoms with Crippen LogP contribution in [0.5, 0.6) is 0 Å². The summed E-state index contributed by atoms with van der Waals surface area (Å²) in [6.07, 6.45) is 0.431. The number of rotatable bonds is 4. The second kappa shape index (κ2) is 7.14. The van der Waals surface area contributed by atoms with Crippen molar-refractivity contribution in [3.05, 3.63) is 42.0 Å². The minimum absolute atomic E-state index is 0. The van der Waals surface area contributed by atoms with E-state index in [1.54, 1.807) is 0 Å². The second-order valence-electron chi connectivity index (χ2n) is 6.83. The summed E-state index contributed by atoms with van der Waals surface area (Å²) in [5, 5.41) is 2.60. The lowest BCUT2D eigenvalue weighted by Gasteiger charge is -2.31. The first-order valence-corrected chi connectivity index (χ1v) is 8.41. The van der Waals surface area contributed by atoms with Crippen LogP contribution in [0.1, 0.15) is 39.7 Å². The van der Waals surface area contributed by atoms with Crippen molar-refractivity contribution >= 4 is 39.4 Å². The quantitative estimate of drug-likeness (QED) is 0.697. The van der Waals surface area contributed by atoms with Gasteiger partial charge in [-0.1, -0.05) is 44.2 Å². The molecule has 0 spiro atoms. The lowest BCUT2D eigenvalue weighted by atomic mass is 9.79. The van der Waals surface area contributed by atoms with Crippen molar-refractivity contribution in [2.24, 2.45) is 0 Å². The van der Waals surface area contributed by atoms with Crippen LogP contribution in [0.25, 0.3) is 10.8 Å². The minimum Gasteiger partial charge on any atom is -0.466 e. The van der Waals surface area contributed by atoms with E-state index in [1.807, 2.05) is 6.92 Å². The van der Waals surface area contributed by atoms with Crippen LogP contribution in [0.15, 0.2) is 36.4 Å². The average molecular weight is 392 g/mol. The number of carbonyl (C=O) groups excluding carboxylic acids is 1. The SMILES string of the molecule is Br.CCOC(=O)CCN1c2ccc3ccccc3c2C(C)(C)C1C. The van der Waals surface area contributed by atoms with Crippen molar-refractivity contribution in [3.8, 4) is 0 Å². The summed E-state index contributed by atoms with van der Waals surface area (Å²) in [6, 6.07) is 13.3. The van der Waals surface area contributed by atoms with Gasteiger partial charge in [0.2, 0.25) is 0 Å². The Labute approximate surface area is 154 Å². The third-order valence-corrected chi connectivity index (χ3v) is 5.23. The third-order valence-electron chi connectivity index (χ3n) is 5.23. The molecule has 2 aromatic rings. The highest BCUT2D eigenvalue weighted by Crippen LogP contribution is 2.48. The molecule has 1 heterocycles. The molecule has 0 aliphatic carbocycles. The first-order valence-electron chi connectivity index (χ1n) is 8.41. The maximum atomic E-state index is 11.7. The highest BCUT2D eigenvalue weighted by atomic mass is 79.9. The van der Waals surface area contributed by atoms with Gasteiger partial charge >= 0.3 is 5.97 Å². The van der Waals surface area contributed by atoms with E-state index < -0.39 is 0 Å². The van der Waals surface area contributed by atoms with Gasteiger partial charge in [-0.3, -0.25) is 4.79 Å². The minimum atomic E-state index is -0.119. The molecule has 0 fully saturated rings. The Morgan fingerprint density at radius 3 is 2.62 bits per heavy atom. The van der Waals surface area contributed by atoms with Gasteiger partial charge in [0, 0.05) is 23.7 Å². The zero-order valence-electron chi connectivity index (χ0n) is 14.8. The Hall–Kier alpha value is -1.55. The van der Waals surface area contributed by atoms with Crippen LogP contribution in [-0.4, -0.2) is 25.2 Å². The number of fused-ring (bicyclic) bond motifs is 3. The topological polar surface area (TPSA) is 29.5 Å². The predicted molar refractivity (Wildman–Crippen MR) is 105 cm³/mol. The van der Waals surface area contributed by atoms with Gasteiger partial charge in [0.1, 0.15) is 0 Å². The maximum Gasteiger partial charge on any atom is 0.307 e. The van der Waals surface area contributed by atoms with Crippen LogP contribution in [0.4, 0.5) is 5.69 Å². The number of halogens is 1. The average Bonchev–Trinajstić information content (AvgIpc) is 2.73. The molecule has 0 bridgehead atoms.